The third-order valence-corrected chi connectivity index (χ3v) is 3.11. The Bertz CT molecular complexity index is 480. The molecule has 4 heteroatoms. The number of carbonyl (C=O) groups is 2. The monoisotopic (exact) mass is 306 g/mol. The average Bonchev–Trinajstić information content (AvgIpc) is 2.45. The Labute approximate surface area is 132 Å². The highest BCUT2D eigenvalue weighted by molar-refractivity contribution is 5.76. The summed E-state index contributed by atoms with van der Waals surface area (Å²) in [5.41, 5.74) is 0. The quantitative estimate of drug-likeness (QED) is 0.382. The minimum atomic E-state index is -0.318. The second-order valence-electron chi connectivity index (χ2n) is 5.80. The van der Waals surface area contributed by atoms with Crippen LogP contribution in [-0.2, 0) is 9.59 Å². The highest BCUT2D eigenvalue weighted by Crippen LogP contribution is 2.27. The Morgan fingerprint density at radius 3 is 2.09 bits per heavy atom. The number of ether oxygens (including phenoxy) is 2. The van der Waals surface area contributed by atoms with Crippen LogP contribution in [0.15, 0.2) is 24.3 Å². The van der Waals surface area contributed by atoms with Crippen molar-refractivity contribution in [3.8, 4) is 11.5 Å². The maximum Gasteiger partial charge on any atom is 0.311 e. The Morgan fingerprint density at radius 1 is 0.955 bits per heavy atom. The fourth-order valence-electron chi connectivity index (χ4n) is 1.99. The van der Waals surface area contributed by atoms with Gasteiger partial charge in [0.05, 0.1) is 0 Å². The van der Waals surface area contributed by atoms with Crippen molar-refractivity contribution < 1.29 is 19.1 Å². The molecular formula is C18H26O4. The number of hydrogen-bond acceptors (Lipinski definition) is 4. The van der Waals surface area contributed by atoms with Gasteiger partial charge >= 0.3 is 11.9 Å². The summed E-state index contributed by atoms with van der Waals surface area (Å²) in [5, 5.41) is 0. The van der Waals surface area contributed by atoms with Crippen molar-refractivity contribution >= 4 is 11.9 Å². The van der Waals surface area contributed by atoms with Crippen LogP contribution in [0.4, 0.5) is 0 Å². The van der Waals surface area contributed by atoms with E-state index in [0.717, 1.165) is 25.7 Å². The van der Waals surface area contributed by atoms with Crippen LogP contribution in [-0.4, -0.2) is 11.9 Å². The topological polar surface area (TPSA) is 52.6 Å². The Hall–Kier alpha value is -1.84. The molecule has 0 aliphatic heterocycles. The molecule has 0 fully saturated rings. The first-order valence-corrected chi connectivity index (χ1v) is 8.03. The second-order valence-corrected chi connectivity index (χ2v) is 5.80. The van der Waals surface area contributed by atoms with Crippen LogP contribution in [0.2, 0.25) is 0 Å². The summed E-state index contributed by atoms with van der Waals surface area (Å²) in [6.07, 6.45) is 4.81. The minimum absolute atomic E-state index is 0.223. The molecule has 0 saturated carbocycles. The summed E-state index contributed by atoms with van der Waals surface area (Å²) in [6, 6.07) is 6.77. The molecule has 0 aromatic heterocycles. The van der Waals surface area contributed by atoms with Gasteiger partial charge in [-0.25, -0.2) is 0 Å². The lowest BCUT2D eigenvalue weighted by molar-refractivity contribution is -0.137. The van der Waals surface area contributed by atoms with Gasteiger partial charge in [-0.3, -0.25) is 9.59 Å². The van der Waals surface area contributed by atoms with Crippen molar-refractivity contribution in [3.05, 3.63) is 24.3 Å². The molecule has 22 heavy (non-hydrogen) atoms. The van der Waals surface area contributed by atoms with Crippen molar-refractivity contribution in [1.29, 1.82) is 0 Å². The van der Waals surface area contributed by atoms with E-state index in [9.17, 15) is 9.59 Å². The summed E-state index contributed by atoms with van der Waals surface area (Å²) in [4.78, 5) is 23.6. The van der Waals surface area contributed by atoms with E-state index in [-0.39, 0.29) is 17.9 Å². The number of para-hydroxylation sites is 2. The van der Waals surface area contributed by atoms with Gasteiger partial charge in [-0.2, -0.15) is 0 Å². The first kappa shape index (κ1) is 18.2. The number of rotatable bonds is 9. The van der Waals surface area contributed by atoms with Gasteiger partial charge in [0.15, 0.2) is 11.5 Å². The molecule has 0 N–H and O–H groups in total. The van der Waals surface area contributed by atoms with Crippen molar-refractivity contribution in [2.45, 2.75) is 59.3 Å². The van der Waals surface area contributed by atoms with E-state index in [0.29, 0.717) is 24.3 Å². The van der Waals surface area contributed by atoms with Crippen LogP contribution < -0.4 is 9.47 Å². The van der Waals surface area contributed by atoms with Crippen molar-refractivity contribution in [2.75, 3.05) is 0 Å². The highest BCUT2D eigenvalue weighted by Gasteiger charge is 2.14. The van der Waals surface area contributed by atoms with Gasteiger partial charge in [0, 0.05) is 12.8 Å². The van der Waals surface area contributed by atoms with E-state index in [1.54, 1.807) is 24.3 Å². The molecule has 0 saturated heterocycles. The van der Waals surface area contributed by atoms with Crippen LogP contribution in [0.25, 0.3) is 0 Å². The summed E-state index contributed by atoms with van der Waals surface area (Å²) < 4.78 is 10.6. The molecule has 0 atom stereocenters. The van der Waals surface area contributed by atoms with E-state index < -0.39 is 0 Å². The van der Waals surface area contributed by atoms with E-state index in [1.807, 2.05) is 13.8 Å². The van der Waals surface area contributed by atoms with Crippen LogP contribution in [0.3, 0.4) is 0 Å². The van der Waals surface area contributed by atoms with Crippen LogP contribution >= 0.6 is 0 Å². The molecule has 1 aromatic carbocycles. The third kappa shape index (κ3) is 7.25. The number of benzene rings is 1. The Balaban J connectivity index is 2.56. The van der Waals surface area contributed by atoms with E-state index >= 15 is 0 Å². The van der Waals surface area contributed by atoms with Gasteiger partial charge in [-0.15, -0.1) is 0 Å². The van der Waals surface area contributed by atoms with Crippen LogP contribution in [0.5, 0.6) is 11.5 Å². The summed E-state index contributed by atoms with van der Waals surface area (Å²) in [5.74, 6) is 0.223. The smallest absolute Gasteiger partial charge is 0.311 e. The van der Waals surface area contributed by atoms with Gasteiger partial charge in [0.25, 0.3) is 0 Å². The largest absolute Gasteiger partial charge is 0.423 e. The zero-order valence-electron chi connectivity index (χ0n) is 13.8. The van der Waals surface area contributed by atoms with E-state index in [1.165, 1.54) is 0 Å². The average molecular weight is 306 g/mol. The van der Waals surface area contributed by atoms with E-state index in [4.69, 9.17) is 9.47 Å². The molecule has 0 spiro atoms. The first-order chi connectivity index (χ1) is 10.5. The molecule has 0 unspecified atom stereocenters. The zero-order valence-corrected chi connectivity index (χ0v) is 13.8. The number of carbonyl (C=O) groups excluding carboxylic acids is 2. The minimum Gasteiger partial charge on any atom is -0.423 e. The van der Waals surface area contributed by atoms with Gasteiger partial charge in [0.2, 0.25) is 0 Å². The normalized spacial score (nSPS) is 10.5. The molecule has 4 nitrogen and oxygen atoms in total. The standard InChI is InChI=1S/C18H26O4/c1-4-5-6-7-12-17(19)21-15-10-8-9-11-16(15)22-18(20)13-14(2)3/h8-11,14H,4-7,12-13H2,1-3H3. The third-order valence-electron chi connectivity index (χ3n) is 3.11. The SMILES string of the molecule is CCCCCCC(=O)Oc1ccccc1OC(=O)CC(C)C. The molecule has 0 aliphatic carbocycles. The molecule has 0 heterocycles. The fourth-order valence-corrected chi connectivity index (χ4v) is 1.99. The highest BCUT2D eigenvalue weighted by atomic mass is 16.6. The Morgan fingerprint density at radius 2 is 1.55 bits per heavy atom. The Kier molecular flexibility index (Phi) is 8.26. The summed E-state index contributed by atoms with van der Waals surface area (Å²) in [6.45, 7) is 6.02. The molecule has 0 aliphatic rings. The maximum atomic E-state index is 11.8. The van der Waals surface area contributed by atoms with Gasteiger partial charge < -0.3 is 9.47 Å². The molecular weight excluding hydrogens is 280 g/mol. The number of unbranched alkanes of at least 4 members (excludes halogenated alkanes) is 3. The van der Waals surface area contributed by atoms with Crippen LogP contribution in [0.1, 0.15) is 59.3 Å². The van der Waals surface area contributed by atoms with Gasteiger partial charge in [0.1, 0.15) is 0 Å². The predicted molar refractivity (Wildman–Crippen MR) is 85.9 cm³/mol. The molecule has 0 radical (unpaired) electrons. The number of hydrogen-bond donors (Lipinski definition) is 0. The molecule has 0 bridgehead atoms. The lowest BCUT2D eigenvalue weighted by Gasteiger charge is -2.11. The molecule has 1 rings (SSSR count). The predicted octanol–water partition coefficient (Wildman–Crippen LogP) is 4.51. The summed E-state index contributed by atoms with van der Waals surface area (Å²) >= 11 is 0. The van der Waals surface area contributed by atoms with Crippen LogP contribution in [0, 0.1) is 5.92 Å². The second kappa shape index (κ2) is 9.98. The van der Waals surface area contributed by atoms with E-state index in [2.05, 4.69) is 6.92 Å². The molecule has 0 amide bonds. The lowest BCUT2D eigenvalue weighted by atomic mass is 10.1. The zero-order chi connectivity index (χ0) is 16.4. The lowest BCUT2D eigenvalue weighted by Crippen LogP contribution is -2.13. The maximum absolute atomic E-state index is 11.8. The van der Waals surface area contributed by atoms with Crippen molar-refractivity contribution in [3.63, 3.8) is 0 Å². The molecule has 1 aromatic rings. The number of esters is 2. The van der Waals surface area contributed by atoms with Crippen molar-refractivity contribution in [1.82, 2.24) is 0 Å². The molecule has 122 valence electrons. The fraction of sp³-hybridized carbons (Fsp3) is 0.556. The van der Waals surface area contributed by atoms with Crippen molar-refractivity contribution in [2.24, 2.45) is 5.92 Å². The summed E-state index contributed by atoms with van der Waals surface area (Å²) in [7, 11) is 0. The first-order valence-electron chi connectivity index (χ1n) is 8.03. The van der Waals surface area contributed by atoms with Gasteiger partial charge in [-0.05, 0) is 24.5 Å². The van der Waals surface area contributed by atoms with Gasteiger partial charge in [-0.1, -0.05) is 52.2 Å².